The van der Waals surface area contributed by atoms with Gasteiger partial charge in [-0.3, -0.25) is 25.2 Å². The third kappa shape index (κ3) is 2.99. The van der Waals surface area contributed by atoms with Crippen LogP contribution in [-0.4, -0.2) is 27.0 Å². The number of hydrogen-bond donors (Lipinski definition) is 4. The van der Waals surface area contributed by atoms with Gasteiger partial charge in [-0.2, -0.15) is 5.10 Å². The van der Waals surface area contributed by atoms with Crippen molar-refractivity contribution in [2.24, 2.45) is 0 Å². The molecule has 4 N–H and O–H groups in total. The zero-order valence-corrected chi connectivity index (χ0v) is 13.1. The number of carbonyl (C=O) groups excluding carboxylic acids is 2. The van der Waals surface area contributed by atoms with Crippen molar-refractivity contribution in [2.75, 3.05) is 0 Å². The van der Waals surface area contributed by atoms with Crippen LogP contribution in [0.2, 0.25) is 0 Å². The van der Waals surface area contributed by atoms with Crippen LogP contribution in [0.15, 0.2) is 45.8 Å². The Morgan fingerprint density at radius 1 is 1.09 bits per heavy atom. The highest BCUT2D eigenvalue weighted by Crippen LogP contribution is 2.12. The van der Waals surface area contributed by atoms with E-state index < -0.39 is 17.4 Å². The standard InChI is InChI=1S/C14H10BrN5O3/c15-7-5-10(16-6-7)13(22)19-20-14(23)11-8-3-1-2-4-9(8)12(21)18-17-11/h1-6,16H,(H,18,21)(H,19,22)(H,20,23). The van der Waals surface area contributed by atoms with E-state index in [0.717, 1.165) is 0 Å². The molecule has 2 amide bonds. The first kappa shape index (κ1) is 15.0. The largest absolute Gasteiger partial charge is 0.356 e. The van der Waals surface area contributed by atoms with E-state index in [1.807, 2.05) is 0 Å². The number of nitrogens with zero attached hydrogens (tertiary/aromatic N) is 1. The maximum atomic E-state index is 12.2. The summed E-state index contributed by atoms with van der Waals surface area (Å²) in [5, 5.41) is 6.73. The second kappa shape index (κ2) is 6.05. The summed E-state index contributed by atoms with van der Waals surface area (Å²) in [6.07, 6.45) is 1.59. The molecule has 0 spiro atoms. The summed E-state index contributed by atoms with van der Waals surface area (Å²) in [7, 11) is 0. The molecule has 116 valence electrons. The number of hydrazine groups is 1. The number of hydrogen-bond acceptors (Lipinski definition) is 4. The molecule has 0 unspecified atom stereocenters. The fourth-order valence-electron chi connectivity index (χ4n) is 2.03. The fraction of sp³-hybridized carbons (Fsp3) is 0. The van der Waals surface area contributed by atoms with Crippen molar-refractivity contribution < 1.29 is 9.59 Å². The number of halogens is 1. The predicted molar refractivity (Wildman–Crippen MR) is 85.8 cm³/mol. The van der Waals surface area contributed by atoms with Gasteiger partial charge in [-0.15, -0.1) is 0 Å². The van der Waals surface area contributed by atoms with Gasteiger partial charge in [0, 0.05) is 16.1 Å². The molecule has 1 aromatic carbocycles. The summed E-state index contributed by atoms with van der Waals surface area (Å²) >= 11 is 3.21. The Bertz CT molecular complexity index is 962. The number of H-pyrrole nitrogens is 2. The molecule has 3 aromatic rings. The molecule has 0 saturated carbocycles. The van der Waals surface area contributed by atoms with Gasteiger partial charge >= 0.3 is 0 Å². The average molecular weight is 376 g/mol. The Labute approximate surface area is 137 Å². The molecule has 9 heteroatoms. The molecule has 0 saturated heterocycles. The third-order valence-corrected chi connectivity index (χ3v) is 3.55. The van der Waals surface area contributed by atoms with E-state index in [0.29, 0.717) is 15.2 Å². The van der Waals surface area contributed by atoms with Gasteiger partial charge in [0.1, 0.15) is 5.69 Å². The van der Waals surface area contributed by atoms with Crippen LogP contribution in [0.4, 0.5) is 0 Å². The molecule has 2 heterocycles. The van der Waals surface area contributed by atoms with Crippen LogP contribution in [-0.2, 0) is 0 Å². The number of rotatable bonds is 2. The van der Waals surface area contributed by atoms with Gasteiger partial charge in [-0.25, -0.2) is 5.10 Å². The molecule has 0 aliphatic carbocycles. The van der Waals surface area contributed by atoms with Gasteiger partial charge < -0.3 is 4.98 Å². The molecule has 0 fully saturated rings. The normalized spacial score (nSPS) is 10.5. The molecule has 0 aliphatic heterocycles. The minimum Gasteiger partial charge on any atom is -0.356 e. The van der Waals surface area contributed by atoms with Crippen molar-refractivity contribution in [2.45, 2.75) is 0 Å². The summed E-state index contributed by atoms with van der Waals surface area (Å²) in [6.45, 7) is 0. The Kier molecular flexibility index (Phi) is 3.94. The molecular formula is C14H10BrN5O3. The van der Waals surface area contributed by atoms with Crippen molar-refractivity contribution >= 4 is 38.5 Å². The number of nitrogens with one attached hydrogen (secondary N) is 4. The van der Waals surface area contributed by atoms with Gasteiger partial charge in [-0.1, -0.05) is 18.2 Å². The van der Waals surface area contributed by atoms with E-state index in [2.05, 4.69) is 42.0 Å². The average Bonchev–Trinajstić information content (AvgIpc) is 2.99. The van der Waals surface area contributed by atoms with Crippen molar-refractivity contribution in [3.63, 3.8) is 0 Å². The number of amides is 2. The SMILES string of the molecule is O=C(NNC(=O)c1n[nH]c(=O)c2ccccc12)c1cc(Br)c[nH]1. The van der Waals surface area contributed by atoms with Crippen molar-refractivity contribution in [3.05, 3.63) is 62.7 Å². The van der Waals surface area contributed by atoms with E-state index in [4.69, 9.17) is 0 Å². The number of fused-ring (bicyclic) bond motifs is 1. The van der Waals surface area contributed by atoms with Crippen LogP contribution >= 0.6 is 15.9 Å². The second-order valence-electron chi connectivity index (χ2n) is 4.59. The molecular weight excluding hydrogens is 366 g/mol. The highest BCUT2D eigenvalue weighted by atomic mass is 79.9. The van der Waals surface area contributed by atoms with E-state index >= 15 is 0 Å². The van der Waals surface area contributed by atoms with Crippen LogP contribution in [0.25, 0.3) is 10.8 Å². The molecule has 0 radical (unpaired) electrons. The first-order chi connectivity index (χ1) is 11.1. The third-order valence-electron chi connectivity index (χ3n) is 3.09. The summed E-state index contributed by atoms with van der Waals surface area (Å²) in [5.41, 5.74) is 4.42. The number of benzene rings is 1. The predicted octanol–water partition coefficient (Wildman–Crippen LogP) is 1.09. The van der Waals surface area contributed by atoms with Gasteiger partial charge in [0.05, 0.1) is 5.39 Å². The Balaban J connectivity index is 1.80. The lowest BCUT2D eigenvalue weighted by Crippen LogP contribution is -2.42. The molecule has 8 nitrogen and oxygen atoms in total. The first-order valence-corrected chi connectivity index (χ1v) is 7.27. The van der Waals surface area contributed by atoms with Crippen LogP contribution in [0.5, 0.6) is 0 Å². The zero-order valence-electron chi connectivity index (χ0n) is 11.5. The first-order valence-electron chi connectivity index (χ1n) is 6.48. The van der Waals surface area contributed by atoms with Crippen LogP contribution in [0, 0.1) is 0 Å². The quantitative estimate of drug-likeness (QED) is 0.501. The smallest absolute Gasteiger partial charge is 0.290 e. The maximum Gasteiger partial charge on any atom is 0.290 e. The summed E-state index contributed by atoms with van der Waals surface area (Å²) < 4.78 is 0.710. The molecule has 23 heavy (non-hydrogen) atoms. The lowest BCUT2D eigenvalue weighted by molar-refractivity contribution is 0.0842. The van der Waals surface area contributed by atoms with Crippen LogP contribution < -0.4 is 16.4 Å². The van der Waals surface area contributed by atoms with Gasteiger partial charge in [0.2, 0.25) is 0 Å². The van der Waals surface area contributed by atoms with Crippen LogP contribution in [0.1, 0.15) is 21.0 Å². The minimum absolute atomic E-state index is 0.00756. The molecule has 0 aliphatic rings. The second-order valence-corrected chi connectivity index (χ2v) is 5.50. The van der Waals surface area contributed by atoms with Crippen molar-refractivity contribution in [3.8, 4) is 0 Å². The van der Waals surface area contributed by atoms with E-state index in [1.54, 1.807) is 36.5 Å². The Morgan fingerprint density at radius 3 is 2.48 bits per heavy atom. The summed E-state index contributed by atoms with van der Waals surface area (Å²) in [5.74, 6) is -1.16. The van der Waals surface area contributed by atoms with E-state index in [9.17, 15) is 14.4 Å². The monoisotopic (exact) mass is 375 g/mol. The number of aromatic amines is 2. The van der Waals surface area contributed by atoms with Crippen molar-refractivity contribution in [1.29, 1.82) is 0 Å². The number of aromatic nitrogens is 3. The molecule has 0 bridgehead atoms. The lowest BCUT2D eigenvalue weighted by Gasteiger charge is -2.07. The fourth-order valence-corrected chi connectivity index (χ4v) is 2.37. The van der Waals surface area contributed by atoms with Crippen molar-refractivity contribution in [1.82, 2.24) is 26.0 Å². The van der Waals surface area contributed by atoms with Gasteiger partial charge in [-0.05, 0) is 28.1 Å². The van der Waals surface area contributed by atoms with E-state index in [1.165, 1.54) is 0 Å². The highest BCUT2D eigenvalue weighted by molar-refractivity contribution is 9.10. The maximum absolute atomic E-state index is 12.2. The molecule has 2 aromatic heterocycles. The number of carbonyl (C=O) groups is 2. The minimum atomic E-state index is -0.642. The Hall–Kier alpha value is -2.94. The van der Waals surface area contributed by atoms with Gasteiger partial charge in [0.15, 0.2) is 5.69 Å². The van der Waals surface area contributed by atoms with E-state index in [-0.39, 0.29) is 11.4 Å². The highest BCUT2D eigenvalue weighted by Gasteiger charge is 2.15. The Morgan fingerprint density at radius 2 is 1.78 bits per heavy atom. The molecule has 3 rings (SSSR count). The van der Waals surface area contributed by atoms with Crippen LogP contribution in [0.3, 0.4) is 0 Å². The molecule has 0 atom stereocenters. The topological polar surface area (TPSA) is 120 Å². The summed E-state index contributed by atoms with van der Waals surface area (Å²) in [6, 6.07) is 8.13. The zero-order chi connectivity index (χ0) is 16.4. The lowest BCUT2D eigenvalue weighted by atomic mass is 10.1. The summed E-state index contributed by atoms with van der Waals surface area (Å²) in [4.78, 5) is 38.4. The van der Waals surface area contributed by atoms with Gasteiger partial charge in [0.25, 0.3) is 17.4 Å².